The average molecular weight is 425 g/mol. The molecular weight excluding hydrogens is 409 g/mol. The maximum absolute atomic E-state index is 13.2. The Morgan fingerprint density at radius 2 is 1.75 bits per heavy atom. The van der Waals surface area contributed by atoms with Crippen molar-refractivity contribution in [3.8, 4) is 34.2 Å². The van der Waals surface area contributed by atoms with Crippen LogP contribution in [-0.4, -0.2) is 21.3 Å². The van der Waals surface area contributed by atoms with Crippen LogP contribution in [0.3, 0.4) is 0 Å². The van der Waals surface area contributed by atoms with Gasteiger partial charge in [-0.15, -0.1) is 0 Å². The lowest BCUT2D eigenvalue weighted by molar-refractivity contribution is 0.474. The van der Waals surface area contributed by atoms with Crippen molar-refractivity contribution in [1.29, 1.82) is 5.26 Å². The fourth-order valence-corrected chi connectivity index (χ4v) is 3.08. The number of anilines is 1. The van der Waals surface area contributed by atoms with Gasteiger partial charge in [0, 0.05) is 11.1 Å². The Hall–Kier alpha value is -4.77. The first-order valence-corrected chi connectivity index (χ1v) is 9.53. The highest BCUT2D eigenvalue weighted by molar-refractivity contribution is 5.86. The van der Waals surface area contributed by atoms with Crippen molar-refractivity contribution in [2.75, 3.05) is 5.43 Å². The van der Waals surface area contributed by atoms with Crippen LogP contribution in [0.4, 0.5) is 10.3 Å². The van der Waals surface area contributed by atoms with Crippen LogP contribution in [0.25, 0.3) is 22.4 Å². The van der Waals surface area contributed by atoms with Crippen LogP contribution in [-0.2, 0) is 0 Å². The summed E-state index contributed by atoms with van der Waals surface area (Å²) in [5.74, 6) is -0.303. The van der Waals surface area contributed by atoms with Gasteiger partial charge in [-0.3, -0.25) is 9.78 Å². The molecule has 7 nitrogen and oxygen atoms in total. The van der Waals surface area contributed by atoms with Gasteiger partial charge < -0.3 is 5.11 Å². The van der Waals surface area contributed by atoms with E-state index in [-0.39, 0.29) is 28.8 Å². The van der Waals surface area contributed by atoms with E-state index >= 15 is 0 Å². The second-order valence-electron chi connectivity index (χ2n) is 6.77. The van der Waals surface area contributed by atoms with Gasteiger partial charge in [-0.05, 0) is 35.4 Å². The summed E-state index contributed by atoms with van der Waals surface area (Å²) < 4.78 is 13.2. The summed E-state index contributed by atoms with van der Waals surface area (Å²) in [6.07, 6.45) is 1.36. The van der Waals surface area contributed by atoms with Crippen molar-refractivity contribution in [2.45, 2.75) is 0 Å². The number of hydrogen-bond acceptors (Lipinski definition) is 6. The number of aromatic nitrogens is 2. The van der Waals surface area contributed by atoms with Gasteiger partial charge in [0.05, 0.1) is 11.9 Å². The molecule has 32 heavy (non-hydrogen) atoms. The molecule has 0 aliphatic carbocycles. The van der Waals surface area contributed by atoms with Crippen LogP contribution < -0.4 is 11.0 Å². The van der Waals surface area contributed by atoms with Crippen LogP contribution >= 0.6 is 0 Å². The van der Waals surface area contributed by atoms with Crippen LogP contribution in [0, 0.1) is 17.1 Å². The zero-order chi connectivity index (χ0) is 22.5. The highest BCUT2D eigenvalue weighted by Crippen LogP contribution is 2.25. The molecule has 0 saturated heterocycles. The third-order valence-corrected chi connectivity index (χ3v) is 4.66. The molecule has 0 fully saturated rings. The Labute approximate surface area is 182 Å². The quantitative estimate of drug-likeness (QED) is 0.326. The number of benzene rings is 3. The number of nitrogens with zero attached hydrogens (tertiary/aromatic N) is 3. The molecule has 0 bridgehead atoms. The van der Waals surface area contributed by atoms with Gasteiger partial charge in [0.15, 0.2) is 0 Å². The van der Waals surface area contributed by atoms with E-state index in [0.29, 0.717) is 11.1 Å². The number of halogens is 1. The molecule has 1 heterocycles. The first-order chi connectivity index (χ1) is 15.5. The lowest BCUT2D eigenvalue weighted by Crippen LogP contribution is -2.16. The third kappa shape index (κ3) is 4.37. The molecule has 3 aromatic carbocycles. The lowest BCUT2D eigenvalue weighted by Gasteiger charge is -2.07. The number of hydrogen-bond donors (Lipinski definition) is 3. The number of nitrogens with one attached hydrogen (secondary N) is 2. The van der Waals surface area contributed by atoms with Gasteiger partial charge in [0.1, 0.15) is 23.2 Å². The highest BCUT2D eigenvalue weighted by Gasteiger charge is 2.13. The molecular formula is C24H16FN5O2. The molecule has 156 valence electrons. The standard InChI is InChI=1S/C24H16FN5O2/c25-19-9-6-15(7-10-19)17-8-11-21(31)18(12-17)14-27-30-24-28-22(16-4-2-1-3-5-16)20(13-26)23(32)29-24/h1-12,14,31H,(H2,28,29,30,32). The summed E-state index contributed by atoms with van der Waals surface area (Å²) in [5.41, 5.74) is 4.72. The first kappa shape index (κ1) is 20.5. The normalized spacial score (nSPS) is 10.8. The van der Waals surface area contributed by atoms with Gasteiger partial charge in [-0.2, -0.15) is 10.4 Å². The maximum Gasteiger partial charge on any atom is 0.270 e. The van der Waals surface area contributed by atoms with E-state index < -0.39 is 5.56 Å². The van der Waals surface area contributed by atoms with E-state index in [2.05, 4.69) is 20.5 Å². The number of aromatic amines is 1. The van der Waals surface area contributed by atoms with E-state index in [1.807, 2.05) is 12.1 Å². The fourth-order valence-electron chi connectivity index (χ4n) is 3.08. The molecule has 0 saturated carbocycles. The number of phenols is 1. The molecule has 4 aromatic rings. The maximum atomic E-state index is 13.2. The Morgan fingerprint density at radius 1 is 1.03 bits per heavy atom. The van der Waals surface area contributed by atoms with Crippen LogP contribution in [0.5, 0.6) is 5.75 Å². The molecule has 0 aliphatic heterocycles. The first-order valence-electron chi connectivity index (χ1n) is 9.53. The summed E-state index contributed by atoms with van der Waals surface area (Å²) in [4.78, 5) is 19.1. The van der Waals surface area contributed by atoms with Crippen LogP contribution in [0.15, 0.2) is 82.7 Å². The Kier molecular flexibility index (Phi) is 5.72. The molecule has 4 rings (SSSR count). The molecule has 0 unspecified atom stereocenters. The minimum atomic E-state index is -0.597. The number of phenolic OH excluding ortho intramolecular Hbond substituents is 1. The number of rotatable bonds is 5. The van der Waals surface area contributed by atoms with E-state index in [1.165, 1.54) is 24.4 Å². The van der Waals surface area contributed by atoms with Crippen molar-refractivity contribution in [3.05, 3.63) is 100 Å². The van der Waals surface area contributed by atoms with Crippen LogP contribution in [0.2, 0.25) is 0 Å². The van der Waals surface area contributed by atoms with Crippen molar-refractivity contribution in [1.82, 2.24) is 9.97 Å². The number of hydrazone groups is 1. The highest BCUT2D eigenvalue weighted by atomic mass is 19.1. The second-order valence-corrected chi connectivity index (χ2v) is 6.77. The summed E-state index contributed by atoms with van der Waals surface area (Å²) in [7, 11) is 0. The SMILES string of the molecule is N#Cc1c(-c2ccccc2)nc(NN=Cc2cc(-c3ccc(F)cc3)ccc2O)[nH]c1=O. The predicted molar refractivity (Wildman–Crippen MR) is 120 cm³/mol. The van der Waals surface area contributed by atoms with Gasteiger partial charge in [-0.25, -0.2) is 14.8 Å². The van der Waals surface area contributed by atoms with E-state index in [0.717, 1.165) is 11.1 Å². The monoisotopic (exact) mass is 425 g/mol. The average Bonchev–Trinajstić information content (AvgIpc) is 2.81. The predicted octanol–water partition coefficient (Wildman–Crippen LogP) is 4.27. The molecule has 1 aromatic heterocycles. The zero-order valence-electron chi connectivity index (χ0n) is 16.6. The van der Waals surface area contributed by atoms with Gasteiger partial charge in [0.2, 0.25) is 5.95 Å². The molecule has 0 radical (unpaired) electrons. The van der Waals surface area contributed by atoms with Crippen molar-refractivity contribution < 1.29 is 9.50 Å². The molecule has 0 atom stereocenters. The second kappa shape index (κ2) is 8.93. The zero-order valence-corrected chi connectivity index (χ0v) is 16.6. The molecule has 0 spiro atoms. The summed E-state index contributed by atoms with van der Waals surface area (Å²) >= 11 is 0. The van der Waals surface area contributed by atoms with Gasteiger partial charge in [-0.1, -0.05) is 48.5 Å². The largest absolute Gasteiger partial charge is 0.507 e. The van der Waals surface area contributed by atoms with Crippen molar-refractivity contribution >= 4 is 12.2 Å². The lowest BCUT2D eigenvalue weighted by atomic mass is 10.0. The molecule has 3 N–H and O–H groups in total. The Bertz CT molecular complexity index is 1390. The summed E-state index contributed by atoms with van der Waals surface area (Å²) in [6, 6.07) is 21.6. The number of nitriles is 1. The molecule has 0 amide bonds. The Balaban J connectivity index is 1.61. The fraction of sp³-hybridized carbons (Fsp3) is 0. The van der Waals surface area contributed by atoms with Crippen LogP contribution in [0.1, 0.15) is 11.1 Å². The topological polar surface area (TPSA) is 114 Å². The van der Waals surface area contributed by atoms with E-state index in [4.69, 9.17) is 0 Å². The number of H-pyrrole nitrogens is 1. The van der Waals surface area contributed by atoms with Gasteiger partial charge >= 0.3 is 0 Å². The summed E-state index contributed by atoms with van der Waals surface area (Å²) in [6.45, 7) is 0. The van der Waals surface area contributed by atoms with E-state index in [9.17, 15) is 19.6 Å². The molecule has 8 heteroatoms. The number of aromatic hydroxyl groups is 1. The smallest absolute Gasteiger partial charge is 0.270 e. The minimum absolute atomic E-state index is 0.00679. The third-order valence-electron chi connectivity index (χ3n) is 4.66. The van der Waals surface area contributed by atoms with Crippen molar-refractivity contribution in [3.63, 3.8) is 0 Å². The van der Waals surface area contributed by atoms with Gasteiger partial charge in [0.25, 0.3) is 5.56 Å². The minimum Gasteiger partial charge on any atom is -0.507 e. The molecule has 0 aliphatic rings. The summed E-state index contributed by atoms with van der Waals surface area (Å²) in [5, 5.41) is 23.5. The Morgan fingerprint density at radius 3 is 2.47 bits per heavy atom. The van der Waals surface area contributed by atoms with E-state index in [1.54, 1.807) is 48.5 Å². The van der Waals surface area contributed by atoms with Crippen molar-refractivity contribution in [2.24, 2.45) is 5.10 Å².